The van der Waals surface area contributed by atoms with Crippen molar-refractivity contribution in [3.63, 3.8) is 0 Å². The molecule has 110 valence electrons. The monoisotopic (exact) mass is 301 g/mol. The van der Waals surface area contributed by atoms with E-state index in [0.29, 0.717) is 6.61 Å². The molecular weight excluding hydrogens is 282 g/mol. The van der Waals surface area contributed by atoms with Gasteiger partial charge in [0.2, 0.25) is 0 Å². The maximum absolute atomic E-state index is 6.04. The van der Waals surface area contributed by atoms with E-state index in [1.54, 1.807) is 0 Å². The van der Waals surface area contributed by atoms with E-state index in [1.165, 1.54) is 16.8 Å². The maximum Gasteiger partial charge on any atom is 0.0716 e. The minimum atomic E-state index is 0.701. The average molecular weight is 302 g/mol. The fourth-order valence-corrected chi connectivity index (χ4v) is 2.99. The van der Waals surface area contributed by atoms with Gasteiger partial charge in [-0.05, 0) is 42.2 Å². The molecule has 3 rings (SSSR count). The first-order chi connectivity index (χ1) is 10.3. The molecule has 0 N–H and O–H groups in total. The van der Waals surface area contributed by atoms with E-state index in [2.05, 4.69) is 29.2 Å². The summed E-state index contributed by atoms with van der Waals surface area (Å²) in [6.07, 6.45) is 2.15. The van der Waals surface area contributed by atoms with Crippen LogP contribution in [0, 0.1) is 0 Å². The third-order valence-corrected chi connectivity index (χ3v) is 4.10. The number of hydrogen-bond acceptors (Lipinski definition) is 2. The van der Waals surface area contributed by atoms with E-state index in [1.807, 2.05) is 24.3 Å². The lowest BCUT2D eigenvalue weighted by Crippen LogP contribution is -2.22. The topological polar surface area (TPSA) is 12.5 Å². The Bertz CT molecular complexity index is 585. The van der Waals surface area contributed by atoms with E-state index in [0.717, 1.165) is 37.6 Å². The highest BCUT2D eigenvalue weighted by molar-refractivity contribution is 6.30. The molecule has 0 spiro atoms. The van der Waals surface area contributed by atoms with E-state index in [4.69, 9.17) is 16.3 Å². The number of benzene rings is 2. The van der Waals surface area contributed by atoms with Crippen molar-refractivity contribution >= 4 is 17.3 Å². The highest BCUT2D eigenvalue weighted by Gasteiger charge is 2.18. The second-order valence-corrected chi connectivity index (χ2v) is 5.84. The summed E-state index contributed by atoms with van der Waals surface area (Å²) >= 11 is 6.04. The molecule has 0 bridgehead atoms. The number of ether oxygens (including phenoxy) is 1. The van der Waals surface area contributed by atoms with Crippen molar-refractivity contribution in [1.82, 2.24) is 0 Å². The summed E-state index contributed by atoms with van der Waals surface area (Å²) in [5.74, 6) is 0. The van der Waals surface area contributed by atoms with Gasteiger partial charge >= 0.3 is 0 Å². The van der Waals surface area contributed by atoms with Crippen LogP contribution in [0.5, 0.6) is 0 Å². The Hall–Kier alpha value is -1.51. The number of fused-ring (bicyclic) bond motifs is 1. The molecule has 0 aromatic heterocycles. The number of nitrogens with zero attached hydrogens (tertiary/aromatic N) is 1. The van der Waals surface area contributed by atoms with Crippen molar-refractivity contribution in [3.8, 4) is 0 Å². The Balaban J connectivity index is 1.41. The summed E-state index contributed by atoms with van der Waals surface area (Å²) in [4.78, 5) is 2.43. The van der Waals surface area contributed by atoms with Crippen LogP contribution < -0.4 is 4.90 Å². The first-order valence-corrected chi connectivity index (χ1v) is 7.86. The van der Waals surface area contributed by atoms with E-state index in [-0.39, 0.29) is 0 Å². The minimum absolute atomic E-state index is 0.701. The number of rotatable bonds is 6. The van der Waals surface area contributed by atoms with Gasteiger partial charge in [0.1, 0.15) is 0 Å². The van der Waals surface area contributed by atoms with Crippen LogP contribution in [-0.4, -0.2) is 19.7 Å². The Morgan fingerprint density at radius 1 is 1.10 bits per heavy atom. The SMILES string of the molecule is Clc1ccc2c(c1)CCN2CCCOCc1ccccc1. The molecule has 0 saturated heterocycles. The summed E-state index contributed by atoms with van der Waals surface area (Å²) in [5, 5.41) is 0.835. The van der Waals surface area contributed by atoms with Gasteiger partial charge in [-0.15, -0.1) is 0 Å². The molecule has 2 aromatic carbocycles. The third-order valence-electron chi connectivity index (χ3n) is 3.86. The molecule has 0 unspecified atom stereocenters. The quantitative estimate of drug-likeness (QED) is 0.737. The Kier molecular flexibility index (Phi) is 4.79. The van der Waals surface area contributed by atoms with Gasteiger partial charge in [-0.25, -0.2) is 0 Å². The molecule has 0 fully saturated rings. The fraction of sp³-hybridized carbons (Fsp3) is 0.333. The summed E-state index contributed by atoms with van der Waals surface area (Å²) < 4.78 is 5.74. The number of halogens is 1. The average Bonchev–Trinajstić information content (AvgIpc) is 2.90. The minimum Gasteiger partial charge on any atom is -0.377 e. The van der Waals surface area contributed by atoms with E-state index < -0.39 is 0 Å². The van der Waals surface area contributed by atoms with Crippen molar-refractivity contribution in [2.45, 2.75) is 19.4 Å². The Morgan fingerprint density at radius 2 is 1.95 bits per heavy atom. The first kappa shape index (κ1) is 14.4. The molecule has 2 nitrogen and oxygen atoms in total. The lowest BCUT2D eigenvalue weighted by molar-refractivity contribution is 0.119. The van der Waals surface area contributed by atoms with Gasteiger partial charge in [-0.2, -0.15) is 0 Å². The molecular formula is C18H20ClNO. The van der Waals surface area contributed by atoms with Crippen LogP contribution >= 0.6 is 11.6 Å². The number of hydrogen-bond donors (Lipinski definition) is 0. The zero-order valence-electron chi connectivity index (χ0n) is 12.1. The molecule has 0 saturated carbocycles. The van der Waals surface area contributed by atoms with E-state index >= 15 is 0 Å². The molecule has 1 aliphatic rings. The van der Waals surface area contributed by atoms with Gasteiger partial charge in [0.05, 0.1) is 6.61 Å². The molecule has 0 amide bonds. The van der Waals surface area contributed by atoms with Crippen molar-refractivity contribution in [1.29, 1.82) is 0 Å². The normalized spacial score (nSPS) is 13.5. The van der Waals surface area contributed by atoms with Crippen molar-refractivity contribution in [2.75, 3.05) is 24.6 Å². The lowest BCUT2D eigenvalue weighted by Gasteiger charge is -2.19. The third kappa shape index (κ3) is 3.78. The zero-order chi connectivity index (χ0) is 14.5. The van der Waals surface area contributed by atoms with E-state index in [9.17, 15) is 0 Å². The smallest absolute Gasteiger partial charge is 0.0716 e. The van der Waals surface area contributed by atoms with Gasteiger partial charge in [-0.1, -0.05) is 41.9 Å². The number of anilines is 1. The predicted octanol–water partition coefficient (Wildman–Crippen LogP) is 4.31. The molecule has 1 heterocycles. The highest BCUT2D eigenvalue weighted by Crippen LogP contribution is 2.30. The molecule has 0 radical (unpaired) electrons. The molecule has 21 heavy (non-hydrogen) atoms. The first-order valence-electron chi connectivity index (χ1n) is 7.48. The van der Waals surface area contributed by atoms with Crippen LogP contribution in [0.4, 0.5) is 5.69 Å². The van der Waals surface area contributed by atoms with Crippen molar-refractivity contribution in [2.24, 2.45) is 0 Å². The molecule has 1 aliphatic heterocycles. The van der Waals surface area contributed by atoms with Gasteiger partial charge in [0.25, 0.3) is 0 Å². The van der Waals surface area contributed by atoms with Crippen LogP contribution in [0.1, 0.15) is 17.5 Å². The predicted molar refractivity (Wildman–Crippen MR) is 88.1 cm³/mol. The zero-order valence-corrected chi connectivity index (χ0v) is 12.9. The van der Waals surface area contributed by atoms with Gasteiger partial charge < -0.3 is 9.64 Å². The van der Waals surface area contributed by atoms with Gasteiger partial charge in [0.15, 0.2) is 0 Å². The second-order valence-electron chi connectivity index (χ2n) is 5.40. The molecule has 0 aliphatic carbocycles. The van der Waals surface area contributed by atoms with Crippen LogP contribution in [0.25, 0.3) is 0 Å². The summed E-state index contributed by atoms with van der Waals surface area (Å²) in [7, 11) is 0. The lowest BCUT2D eigenvalue weighted by atomic mass is 10.2. The molecule has 0 atom stereocenters. The van der Waals surface area contributed by atoms with Crippen LogP contribution in [0.2, 0.25) is 5.02 Å². The standard InChI is InChI=1S/C18H20ClNO/c19-17-7-8-18-16(13-17)9-11-20(18)10-4-12-21-14-15-5-2-1-3-6-15/h1-3,5-8,13H,4,9-12,14H2. The van der Waals surface area contributed by atoms with Crippen molar-refractivity contribution < 1.29 is 4.74 Å². The van der Waals surface area contributed by atoms with Crippen LogP contribution in [0.15, 0.2) is 48.5 Å². The second kappa shape index (κ2) is 6.97. The Labute approximate surface area is 131 Å². The maximum atomic E-state index is 6.04. The summed E-state index contributed by atoms with van der Waals surface area (Å²) in [6.45, 7) is 3.64. The summed E-state index contributed by atoms with van der Waals surface area (Å²) in [6, 6.07) is 16.5. The molecule has 3 heteroatoms. The molecule has 2 aromatic rings. The van der Waals surface area contributed by atoms with Crippen molar-refractivity contribution in [3.05, 3.63) is 64.7 Å². The van der Waals surface area contributed by atoms with Crippen LogP contribution in [-0.2, 0) is 17.8 Å². The fourth-order valence-electron chi connectivity index (χ4n) is 2.79. The van der Waals surface area contributed by atoms with Gasteiger partial charge in [-0.3, -0.25) is 0 Å². The Morgan fingerprint density at radius 3 is 2.81 bits per heavy atom. The van der Waals surface area contributed by atoms with Gasteiger partial charge in [0, 0.05) is 30.4 Å². The summed E-state index contributed by atoms with van der Waals surface area (Å²) in [5.41, 5.74) is 3.94. The highest BCUT2D eigenvalue weighted by atomic mass is 35.5. The van der Waals surface area contributed by atoms with Crippen LogP contribution in [0.3, 0.4) is 0 Å². The largest absolute Gasteiger partial charge is 0.377 e.